The predicted molar refractivity (Wildman–Crippen MR) is 88.8 cm³/mol. The molecule has 1 atom stereocenters. The Labute approximate surface area is 126 Å². The third-order valence-electron chi connectivity index (χ3n) is 3.71. The molecule has 0 saturated heterocycles. The number of hydrogen-bond acceptors (Lipinski definition) is 3. The average molecular weight is 282 g/mol. The molecule has 0 bridgehead atoms. The minimum atomic E-state index is -0.00574. The number of nitrogen functional groups attached to an aromatic ring is 1. The third kappa shape index (κ3) is 4.09. The lowest BCUT2D eigenvalue weighted by Gasteiger charge is -2.14. The molecule has 21 heavy (non-hydrogen) atoms. The second-order valence-corrected chi connectivity index (χ2v) is 5.39. The Balaban J connectivity index is 1.92. The third-order valence-corrected chi connectivity index (χ3v) is 3.71. The van der Waals surface area contributed by atoms with Crippen LogP contribution in [0.1, 0.15) is 42.1 Å². The summed E-state index contributed by atoms with van der Waals surface area (Å²) in [5.41, 5.74) is 9.20. The number of carbonyl (C=O) groups is 1. The second-order valence-electron chi connectivity index (χ2n) is 5.39. The Hall–Kier alpha value is -2.29. The average Bonchev–Trinajstić information content (AvgIpc) is 2.49. The number of rotatable bonds is 6. The Morgan fingerprint density at radius 3 is 2.57 bits per heavy atom. The molecule has 0 aliphatic heterocycles. The summed E-state index contributed by atoms with van der Waals surface area (Å²) in [7, 11) is 0. The van der Waals surface area contributed by atoms with Gasteiger partial charge in [0.1, 0.15) is 0 Å². The van der Waals surface area contributed by atoms with Gasteiger partial charge in [-0.2, -0.15) is 0 Å². The molecule has 0 radical (unpaired) electrons. The SMILES string of the molecule is CC(=O)c1cc(NCCC(C)c2ccccc2)ccc1N. The maximum absolute atomic E-state index is 11.5. The lowest BCUT2D eigenvalue weighted by atomic mass is 9.98. The molecular weight excluding hydrogens is 260 g/mol. The van der Waals surface area contributed by atoms with E-state index in [1.807, 2.05) is 18.2 Å². The van der Waals surface area contributed by atoms with Crippen LogP contribution in [0.15, 0.2) is 48.5 Å². The van der Waals surface area contributed by atoms with Gasteiger partial charge in [-0.05, 0) is 43.0 Å². The summed E-state index contributed by atoms with van der Waals surface area (Å²) in [6, 6.07) is 16.0. The van der Waals surface area contributed by atoms with E-state index in [0.29, 0.717) is 17.2 Å². The van der Waals surface area contributed by atoms with E-state index < -0.39 is 0 Å². The largest absolute Gasteiger partial charge is 0.398 e. The van der Waals surface area contributed by atoms with Crippen LogP contribution < -0.4 is 11.1 Å². The van der Waals surface area contributed by atoms with E-state index in [2.05, 4.69) is 36.5 Å². The van der Waals surface area contributed by atoms with Gasteiger partial charge in [-0.15, -0.1) is 0 Å². The molecule has 0 fully saturated rings. The lowest BCUT2D eigenvalue weighted by Crippen LogP contribution is -2.07. The van der Waals surface area contributed by atoms with Gasteiger partial charge in [0.2, 0.25) is 0 Å². The quantitative estimate of drug-likeness (QED) is 0.620. The van der Waals surface area contributed by atoms with E-state index in [1.54, 1.807) is 6.07 Å². The number of anilines is 2. The molecule has 3 nitrogen and oxygen atoms in total. The summed E-state index contributed by atoms with van der Waals surface area (Å²) < 4.78 is 0. The van der Waals surface area contributed by atoms with E-state index in [-0.39, 0.29) is 5.78 Å². The van der Waals surface area contributed by atoms with E-state index in [4.69, 9.17) is 5.73 Å². The van der Waals surface area contributed by atoms with Crippen molar-refractivity contribution < 1.29 is 4.79 Å². The number of carbonyl (C=O) groups excluding carboxylic acids is 1. The van der Waals surface area contributed by atoms with E-state index in [9.17, 15) is 4.79 Å². The summed E-state index contributed by atoms with van der Waals surface area (Å²) in [6.07, 6.45) is 1.03. The zero-order valence-electron chi connectivity index (χ0n) is 12.6. The van der Waals surface area contributed by atoms with Gasteiger partial charge in [0.05, 0.1) is 0 Å². The van der Waals surface area contributed by atoms with Crippen LogP contribution in [0.5, 0.6) is 0 Å². The van der Waals surface area contributed by atoms with Gasteiger partial charge in [-0.25, -0.2) is 0 Å². The second kappa shape index (κ2) is 6.93. The van der Waals surface area contributed by atoms with Crippen LogP contribution in [0.2, 0.25) is 0 Å². The summed E-state index contributed by atoms with van der Waals surface area (Å²) >= 11 is 0. The van der Waals surface area contributed by atoms with Crippen molar-refractivity contribution in [3.05, 3.63) is 59.7 Å². The van der Waals surface area contributed by atoms with Crippen LogP contribution in [-0.4, -0.2) is 12.3 Å². The zero-order valence-corrected chi connectivity index (χ0v) is 12.6. The first kappa shape index (κ1) is 15.1. The van der Waals surface area contributed by atoms with Crippen molar-refractivity contribution in [2.75, 3.05) is 17.6 Å². The number of nitrogens with two attached hydrogens (primary N) is 1. The van der Waals surface area contributed by atoms with Crippen LogP contribution in [0.25, 0.3) is 0 Å². The van der Waals surface area contributed by atoms with Crippen LogP contribution in [-0.2, 0) is 0 Å². The van der Waals surface area contributed by atoms with Gasteiger partial charge < -0.3 is 11.1 Å². The Kier molecular flexibility index (Phi) is 4.99. The fraction of sp³-hybridized carbons (Fsp3) is 0.278. The van der Waals surface area contributed by atoms with Gasteiger partial charge in [0, 0.05) is 23.5 Å². The summed E-state index contributed by atoms with van der Waals surface area (Å²) in [5.74, 6) is 0.494. The van der Waals surface area contributed by atoms with Crippen molar-refractivity contribution in [3.63, 3.8) is 0 Å². The fourth-order valence-corrected chi connectivity index (χ4v) is 2.35. The van der Waals surface area contributed by atoms with Crippen molar-refractivity contribution in [1.29, 1.82) is 0 Å². The number of nitrogens with one attached hydrogen (secondary N) is 1. The van der Waals surface area contributed by atoms with E-state index in [0.717, 1.165) is 18.7 Å². The molecule has 0 amide bonds. The summed E-state index contributed by atoms with van der Waals surface area (Å²) in [5, 5.41) is 3.36. The van der Waals surface area contributed by atoms with Crippen LogP contribution in [0.3, 0.4) is 0 Å². The van der Waals surface area contributed by atoms with E-state index in [1.165, 1.54) is 12.5 Å². The lowest BCUT2D eigenvalue weighted by molar-refractivity contribution is 0.101. The highest BCUT2D eigenvalue weighted by atomic mass is 16.1. The van der Waals surface area contributed by atoms with Crippen molar-refractivity contribution in [3.8, 4) is 0 Å². The molecule has 2 aromatic carbocycles. The first-order valence-electron chi connectivity index (χ1n) is 7.27. The monoisotopic (exact) mass is 282 g/mol. The first-order valence-corrected chi connectivity index (χ1v) is 7.27. The maximum Gasteiger partial charge on any atom is 0.161 e. The summed E-state index contributed by atoms with van der Waals surface area (Å²) in [4.78, 5) is 11.5. The van der Waals surface area contributed by atoms with E-state index >= 15 is 0 Å². The molecule has 110 valence electrons. The standard InChI is InChI=1S/C18H22N2O/c1-13(15-6-4-3-5-7-15)10-11-20-16-8-9-18(19)17(12-16)14(2)21/h3-9,12-13,20H,10-11,19H2,1-2H3. The molecule has 3 heteroatoms. The molecule has 0 spiro atoms. The molecule has 2 rings (SSSR count). The molecule has 0 aliphatic carbocycles. The predicted octanol–water partition coefficient (Wildman–Crippen LogP) is 4.08. The number of hydrogen-bond donors (Lipinski definition) is 2. The highest BCUT2D eigenvalue weighted by molar-refractivity contribution is 5.99. The van der Waals surface area contributed by atoms with Crippen LogP contribution in [0.4, 0.5) is 11.4 Å². The number of benzene rings is 2. The smallest absolute Gasteiger partial charge is 0.161 e. The van der Waals surface area contributed by atoms with Gasteiger partial charge in [0.25, 0.3) is 0 Å². The van der Waals surface area contributed by atoms with Crippen molar-refractivity contribution >= 4 is 17.2 Å². The topological polar surface area (TPSA) is 55.1 Å². The fourth-order valence-electron chi connectivity index (χ4n) is 2.35. The Bertz CT molecular complexity index is 608. The van der Waals surface area contributed by atoms with Crippen molar-refractivity contribution in [1.82, 2.24) is 0 Å². The van der Waals surface area contributed by atoms with Crippen molar-refractivity contribution in [2.24, 2.45) is 0 Å². The van der Waals surface area contributed by atoms with Crippen LogP contribution >= 0.6 is 0 Å². The molecule has 0 heterocycles. The minimum Gasteiger partial charge on any atom is -0.398 e. The summed E-state index contributed by atoms with van der Waals surface area (Å²) in [6.45, 7) is 4.62. The minimum absolute atomic E-state index is 0.00574. The molecule has 3 N–H and O–H groups in total. The molecule has 2 aromatic rings. The number of ketones is 1. The highest BCUT2D eigenvalue weighted by Crippen LogP contribution is 2.21. The highest BCUT2D eigenvalue weighted by Gasteiger charge is 2.07. The molecule has 1 unspecified atom stereocenters. The Morgan fingerprint density at radius 1 is 1.19 bits per heavy atom. The maximum atomic E-state index is 11.5. The van der Waals surface area contributed by atoms with Crippen molar-refractivity contribution in [2.45, 2.75) is 26.2 Å². The van der Waals surface area contributed by atoms with Gasteiger partial charge in [-0.1, -0.05) is 37.3 Å². The number of Topliss-reactive ketones (excluding diaryl/α,β-unsaturated/α-hetero) is 1. The Morgan fingerprint density at radius 2 is 1.90 bits per heavy atom. The molecule has 0 aliphatic rings. The zero-order chi connectivity index (χ0) is 15.2. The van der Waals surface area contributed by atoms with Crippen LogP contribution in [0, 0.1) is 0 Å². The van der Waals surface area contributed by atoms with Gasteiger partial charge >= 0.3 is 0 Å². The first-order chi connectivity index (χ1) is 10.1. The molecule has 0 aromatic heterocycles. The molecular formula is C18H22N2O. The van der Waals surface area contributed by atoms with Gasteiger partial charge in [0.15, 0.2) is 5.78 Å². The normalized spacial score (nSPS) is 11.9. The molecule has 0 saturated carbocycles. The van der Waals surface area contributed by atoms with Gasteiger partial charge in [-0.3, -0.25) is 4.79 Å².